The maximum atomic E-state index is 11.9. The lowest BCUT2D eigenvalue weighted by Gasteiger charge is -2.16. The molecule has 0 saturated carbocycles. The molecule has 2 aromatic rings. The molecule has 0 aliphatic carbocycles. The second-order valence-corrected chi connectivity index (χ2v) is 7.72. The summed E-state index contributed by atoms with van der Waals surface area (Å²) in [7, 11) is -2.32. The van der Waals surface area contributed by atoms with E-state index in [9.17, 15) is 18.0 Å². The highest BCUT2D eigenvalue weighted by Crippen LogP contribution is 2.19. The number of hydrogen-bond donors (Lipinski definition) is 2. The molecule has 0 atom stereocenters. The molecule has 150 valence electrons. The lowest BCUT2D eigenvalue weighted by molar-refractivity contribution is -0.145. The van der Waals surface area contributed by atoms with Gasteiger partial charge in [-0.25, -0.2) is 13.6 Å². The number of sulfonamides is 1. The van der Waals surface area contributed by atoms with Gasteiger partial charge >= 0.3 is 5.97 Å². The number of amides is 1. The molecule has 1 aromatic carbocycles. The van der Waals surface area contributed by atoms with Gasteiger partial charge in [0.1, 0.15) is 6.54 Å². The zero-order valence-electron chi connectivity index (χ0n) is 15.0. The van der Waals surface area contributed by atoms with Crippen LogP contribution in [-0.2, 0) is 24.3 Å². The molecule has 1 heterocycles. The molecule has 0 radical (unpaired) electrons. The van der Waals surface area contributed by atoms with Crippen molar-refractivity contribution in [2.75, 3.05) is 30.4 Å². The fourth-order valence-corrected chi connectivity index (χ4v) is 3.07. The second-order valence-electron chi connectivity index (χ2n) is 5.80. The maximum Gasteiger partial charge on any atom is 0.326 e. The average Bonchev–Trinajstić information content (AvgIpc) is 2.61. The lowest BCUT2D eigenvalue weighted by atomic mass is 10.2. The molecule has 1 amide bonds. The Labute approximate surface area is 166 Å². The molecule has 0 unspecified atom stereocenters. The van der Waals surface area contributed by atoms with Crippen LogP contribution in [0.15, 0.2) is 35.2 Å². The predicted octanol–water partition coefficient (Wildman–Crippen LogP) is 0.704. The second kappa shape index (κ2) is 8.95. The monoisotopic (exact) mass is 427 g/mol. The van der Waals surface area contributed by atoms with E-state index in [2.05, 4.69) is 15.5 Å². The third kappa shape index (κ3) is 6.15. The molecule has 10 nitrogen and oxygen atoms in total. The summed E-state index contributed by atoms with van der Waals surface area (Å²) in [6, 6.07) is 7.35. The summed E-state index contributed by atoms with van der Waals surface area (Å²) in [4.78, 5) is 25.2. The fraction of sp³-hybridized carbons (Fsp3) is 0.250. The number of halogens is 1. The van der Waals surface area contributed by atoms with E-state index in [4.69, 9.17) is 21.5 Å². The lowest BCUT2D eigenvalue weighted by Crippen LogP contribution is -2.30. The van der Waals surface area contributed by atoms with Crippen molar-refractivity contribution >= 4 is 45.0 Å². The Morgan fingerprint density at radius 2 is 1.96 bits per heavy atom. The Morgan fingerprint density at radius 3 is 2.57 bits per heavy atom. The first-order valence-electron chi connectivity index (χ1n) is 7.85. The van der Waals surface area contributed by atoms with Crippen LogP contribution in [0.2, 0.25) is 5.15 Å². The van der Waals surface area contributed by atoms with Crippen molar-refractivity contribution in [1.29, 1.82) is 0 Å². The van der Waals surface area contributed by atoms with E-state index in [-0.39, 0.29) is 22.3 Å². The first-order chi connectivity index (χ1) is 13.1. The third-order valence-corrected chi connectivity index (χ3v) is 4.77. The molecule has 0 fully saturated rings. The van der Waals surface area contributed by atoms with Gasteiger partial charge in [0.05, 0.1) is 4.90 Å². The van der Waals surface area contributed by atoms with Gasteiger partial charge in [-0.05, 0) is 36.8 Å². The molecule has 0 saturated heterocycles. The summed E-state index contributed by atoms with van der Waals surface area (Å²) in [6.07, 6.45) is 0. The number of rotatable bonds is 7. The molecule has 0 aliphatic rings. The van der Waals surface area contributed by atoms with E-state index >= 15 is 0 Å². The van der Waals surface area contributed by atoms with Gasteiger partial charge < -0.3 is 15.0 Å². The maximum absolute atomic E-state index is 11.9. The van der Waals surface area contributed by atoms with Crippen molar-refractivity contribution in [2.24, 2.45) is 5.14 Å². The number of nitrogens with zero attached hydrogens (tertiary/aromatic N) is 3. The number of carbonyl (C=O) groups is 2. The van der Waals surface area contributed by atoms with Crippen LogP contribution in [0.4, 0.5) is 11.5 Å². The van der Waals surface area contributed by atoms with Crippen LogP contribution in [0.25, 0.3) is 0 Å². The summed E-state index contributed by atoms with van der Waals surface area (Å²) in [5, 5.41) is 15.3. The van der Waals surface area contributed by atoms with Gasteiger partial charge in [-0.3, -0.25) is 9.59 Å². The van der Waals surface area contributed by atoms with E-state index in [1.54, 1.807) is 20.0 Å². The molecule has 1 aromatic heterocycles. The van der Waals surface area contributed by atoms with E-state index in [1.807, 2.05) is 0 Å². The fourth-order valence-electron chi connectivity index (χ4n) is 2.16. The van der Waals surface area contributed by atoms with E-state index in [0.29, 0.717) is 11.4 Å². The number of likely N-dealkylation sites (N-methyl/N-ethyl adjacent to an activating group) is 1. The third-order valence-electron chi connectivity index (χ3n) is 3.52. The average molecular weight is 428 g/mol. The zero-order chi connectivity index (χ0) is 20.9. The molecule has 3 N–H and O–H groups in total. The Hall–Kier alpha value is -2.76. The molecule has 0 aliphatic heterocycles. The SMILES string of the molecule is Cc1ccc(NC(=O)COC(=O)CN(C)c2ccc(Cl)nn2)cc1S(N)(=O)=O. The van der Waals surface area contributed by atoms with Gasteiger partial charge in [-0.2, -0.15) is 0 Å². The van der Waals surface area contributed by atoms with Crippen LogP contribution in [0.3, 0.4) is 0 Å². The first kappa shape index (κ1) is 21.5. The van der Waals surface area contributed by atoms with Gasteiger partial charge in [-0.15, -0.1) is 10.2 Å². The highest BCUT2D eigenvalue weighted by atomic mass is 35.5. The Kier molecular flexibility index (Phi) is 6.89. The number of nitrogens with one attached hydrogen (secondary N) is 1. The summed E-state index contributed by atoms with van der Waals surface area (Å²) < 4.78 is 27.9. The number of hydrogen-bond acceptors (Lipinski definition) is 8. The van der Waals surface area contributed by atoms with Crippen molar-refractivity contribution in [2.45, 2.75) is 11.8 Å². The minimum absolute atomic E-state index is 0.104. The van der Waals surface area contributed by atoms with Gasteiger partial charge in [0.2, 0.25) is 10.0 Å². The van der Waals surface area contributed by atoms with Crippen molar-refractivity contribution in [3.63, 3.8) is 0 Å². The number of ether oxygens (including phenoxy) is 1. The predicted molar refractivity (Wildman–Crippen MR) is 102 cm³/mol. The largest absolute Gasteiger partial charge is 0.454 e. The van der Waals surface area contributed by atoms with E-state index in [1.165, 1.54) is 29.2 Å². The van der Waals surface area contributed by atoms with Crippen LogP contribution in [-0.4, -0.2) is 50.7 Å². The molecular formula is C16H18ClN5O5S. The van der Waals surface area contributed by atoms with E-state index < -0.39 is 28.5 Å². The number of nitrogens with two attached hydrogens (primary N) is 1. The molecular weight excluding hydrogens is 410 g/mol. The van der Waals surface area contributed by atoms with Gasteiger partial charge in [-0.1, -0.05) is 17.7 Å². The summed E-state index contributed by atoms with van der Waals surface area (Å²) in [5.74, 6) is -0.893. The number of aromatic nitrogens is 2. The highest BCUT2D eigenvalue weighted by molar-refractivity contribution is 7.89. The number of primary sulfonamides is 1. The summed E-state index contributed by atoms with van der Waals surface area (Å²) >= 11 is 5.65. The summed E-state index contributed by atoms with van der Waals surface area (Å²) in [5.41, 5.74) is 0.657. The van der Waals surface area contributed by atoms with Crippen molar-refractivity contribution in [3.05, 3.63) is 41.0 Å². The van der Waals surface area contributed by atoms with Crippen LogP contribution in [0.5, 0.6) is 0 Å². The Morgan fingerprint density at radius 1 is 1.25 bits per heavy atom. The molecule has 12 heteroatoms. The molecule has 0 spiro atoms. The number of carbonyl (C=O) groups excluding carboxylic acids is 2. The van der Waals surface area contributed by atoms with Crippen LogP contribution in [0, 0.1) is 6.92 Å². The number of benzene rings is 1. The molecule has 2 rings (SSSR count). The number of aryl methyl sites for hydroxylation is 1. The first-order valence-corrected chi connectivity index (χ1v) is 9.78. The highest BCUT2D eigenvalue weighted by Gasteiger charge is 2.15. The van der Waals surface area contributed by atoms with Crippen molar-refractivity contribution in [3.8, 4) is 0 Å². The van der Waals surface area contributed by atoms with E-state index in [0.717, 1.165) is 0 Å². The standard InChI is InChI=1S/C16H18ClN5O5S/c1-10-3-4-11(7-12(10)28(18,25)26)19-15(23)9-27-16(24)8-22(2)14-6-5-13(17)20-21-14/h3-7H,8-9H2,1-2H3,(H,19,23)(H2,18,25,26). The van der Waals surface area contributed by atoms with Crippen LogP contribution < -0.4 is 15.4 Å². The Bertz CT molecular complexity index is 981. The van der Waals surface area contributed by atoms with Gasteiger partial charge in [0, 0.05) is 12.7 Å². The topological polar surface area (TPSA) is 145 Å². The molecule has 28 heavy (non-hydrogen) atoms. The van der Waals surface area contributed by atoms with Crippen LogP contribution in [0.1, 0.15) is 5.56 Å². The smallest absolute Gasteiger partial charge is 0.326 e. The Balaban J connectivity index is 1.88. The number of anilines is 2. The normalized spacial score (nSPS) is 11.0. The molecule has 0 bridgehead atoms. The van der Waals surface area contributed by atoms with Gasteiger partial charge in [0.25, 0.3) is 5.91 Å². The quantitative estimate of drug-likeness (QED) is 0.614. The number of esters is 1. The van der Waals surface area contributed by atoms with Crippen molar-refractivity contribution in [1.82, 2.24) is 10.2 Å². The van der Waals surface area contributed by atoms with Gasteiger partial charge in [0.15, 0.2) is 17.6 Å². The minimum atomic E-state index is -3.92. The zero-order valence-corrected chi connectivity index (χ0v) is 16.6. The minimum Gasteiger partial charge on any atom is -0.454 e. The van der Waals surface area contributed by atoms with Crippen LogP contribution >= 0.6 is 11.6 Å². The van der Waals surface area contributed by atoms with Crippen molar-refractivity contribution < 1.29 is 22.7 Å². The summed E-state index contributed by atoms with van der Waals surface area (Å²) in [6.45, 7) is 0.871.